The number of hydrogen-bond acceptors (Lipinski definition) is 4. The molecule has 0 saturated carbocycles. The minimum atomic E-state index is -0.310. The van der Waals surface area contributed by atoms with Crippen molar-refractivity contribution < 1.29 is 18.3 Å². The number of para-hydroxylation sites is 2. The summed E-state index contributed by atoms with van der Waals surface area (Å²) in [6.07, 6.45) is 0.739. The molecule has 0 saturated heterocycles. The highest BCUT2D eigenvalue weighted by Gasteiger charge is 2.08. The third-order valence-corrected chi connectivity index (χ3v) is 3.41. The second kappa shape index (κ2) is 7.59. The number of nitrogens with one attached hydrogen (secondary N) is 1. The maximum atomic E-state index is 12.7. The van der Waals surface area contributed by atoms with Gasteiger partial charge in [-0.15, -0.1) is 0 Å². The molecular weight excluding hydrogens is 311 g/mol. The van der Waals surface area contributed by atoms with Crippen molar-refractivity contribution in [3.63, 3.8) is 0 Å². The predicted octanol–water partition coefficient (Wildman–Crippen LogP) is 3.09. The normalized spacial score (nSPS) is 10.7. The second-order valence-corrected chi connectivity index (χ2v) is 5.23. The number of aryl methyl sites for hydroxylation is 1. The molecule has 1 amide bonds. The quantitative estimate of drug-likeness (QED) is 0.677. The van der Waals surface area contributed by atoms with Gasteiger partial charge in [-0.05, 0) is 36.4 Å². The Morgan fingerprint density at radius 1 is 1.17 bits per heavy atom. The average molecular weight is 328 g/mol. The standard InChI is InChI=1S/C18H17FN2O3/c19-13-5-7-14(8-6-13)23-12-11-20-17(22)9-10-18-21-15-3-1-2-4-16(15)24-18/h1-8H,9-12H2,(H,20,22). The molecule has 3 rings (SSSR count). The Labute approximate surface area is 138 Å². The molecule has 1 aromatic heterocycles. The molecule has 124 valence electrons. The lowest BCUT2D eigenvalue weighted by Gasteiger charge is -2.07. The van der Waals surface area contributed by atoms with E-state index in [4.69, 9.17) is 9.15 Å². The number of nitrogens with zero attached hydrogens (tertiary/aromatic N) is 1. The van der Waals surface area contributed by atoms with Crippen molar-refractivity contribution in [2.24, 2.45) is 0 Å². The van der Waals surface area contributed by atoms with Crippen LogP contribution in [0.15, 0.2) is 52.9 Å². The molecule has 3 aromatic rings. The van der Waals surface area contributed by atoms with E-state index in [1.807, 2.05) is 24.3 Å². The summed E-state index contributed by atoms with van der Waals surface area (Å²) in [5.41, 5.74) is 1.52. The first-order valence-electron chi connectivity index (χ1n) is 7.70. The van der Waals surface area contributed by atoms with Crippen LogP contribution in [-0.2, 0) is 11.2 Å². The summed E-state index contributed by atoms with van der Waals surface area (Å²) >= 11 is 0. The number of carbonyl (C=O) groups is 1. The summed E-state index contributed by atoms with van der Waals surface area (Å²) < 4.78 is 23.7. The highest BCUT2D eigenvalue weighted by molar-refractivity contribution is 5.76. The minimum Gasteiger partial charge on any atom is -0.492 e. The molecule has 2 aromatic carbocycles. The van der Waals surface area contributed by atoms with Crippen molar-refractivity contribution in [1.29, 1.82) is 0 Å². The van der Waals surface area contributed by atoms with Crippen LogP contribution >= 0.6 is 0 Å². The van der Waals surface area contributed by atoms with Gasteiger partial charge in [-0.3, -0.25) is 4.79 Å². The number of amides is 1. The number of hydrogen-bond donors (Lipinski definition) is 1. The van der Waals surface area contributed by atoms with E-state index in [-0.39, 0.29) is 11.7 Å². The molecule has 0 fully saturated rings. The van der Waals surface area contributed by atoms with E-state index >= 15 is 0 Å². The summed E-state index contributed by atoms with van der Waals surface area (Å²) in [7, 11) is 0. The Morgan fingerprint density at radius 3 is 2.75 bits per heavy atom. The van der Waals surface area contributed by atoms with Crippen LogP contribution < -0.4 is 10.1 Å². The van der Waals surface area contributed by atoms with Gasteiger partial charge in [0.25, 0.3) is 0 Å². The van der Waals surface area contributed by atoms with Crippen LogP contribution in [0.4, 0.5) is 4.39 Å². The summed E-state index contributed by atoms with van der Waals surface area (Å²) in [4.78, 5) is 16.1. The van der Waals surface area contributed by atoms with Gasteiger partial charge >= 0.3 is 0 Å². The summed E-state index contributed by atoms with van der Waals surface area (Å²) in [6.45, 7) is 0.698. The number of halogens is 1. The SMILES string of the molecule is O=C(CCc1nc2ccccc2o1)NCCOc1ccc(F)cc1. The average Bonchev–Trinajstić information content (AvgIpc) is 3.01. The summed E-state index contributed by atoms with van der Waals surface area (Å²) in [6, 6.07) is 13.2. The van der Waals surface area contributed by atoms with Crippen molar-refractivity contribution >= 4 is 17.0 Å². The lowest BCUT2D eigenvalue weighted by molar-refractivity contribution is -0.121. The highest BCUT2D eigenvalue weighted by atomic mass is 19.1. The molecule has 0 bridgehead atoms. The number of aromatic nitrogens is 1. The first-order chi connectivity index (χ1) is 11.7. The fourth-order valence-electron chi connectivity index (χ4n) is 2.23. The smallest absolute Gasteiger partial charge is 0.220 e. The molecule has 0 spiro atoms. The van der Waals surface area contributed by atoms with Gasteiger partial charge in [0, 0.05) is 12.8 Å². The molecule has 24 heavy (non-hydrogen) atoms. The highest BCUT2D eigenvalue weighted by Crippen LogP contribution is 2.15. The lowest BCUT2D eigenvalue weighted by atomic mass is 10.3. The molecule has 0 aliphatic heterocycles. The fourth-order valence-corrected chi connectivity index (χ4v) is 2.23. The molecule has 6 heteroatoms. The second-order valence-electron chi connectivity index (χ2n) is 5.23. The predicted molar refractivity (Wildman–Crippen MR) is 87.2 cm³/mol. The number of carbonyl (C=O) groups excluding carboxylic acids is 1. The van der Waals surface area contributed by atoms with Gasteiger partial charge in [-0.2, -0.15) is 0 Å². The number of oxazole rings is 1. The Morgan fingerprint density at radius 2 is 1.96 bits per heavy atom. The summed E-state index contributed by atoms with van der Waals surface area (Å²) in [5.74, 6) is 0.709. The maximum absolute atomic E-state index is 12.7. The molecule has 5 nitrogen and oxygen atoms in total. The van der Waals surface area contributed by atoms with Crippen LogP contribution in [0.2, 0.25) is 0 Å². The van der Waals surface area contributed by atoms with Crippen LogP contribution in [0.1, 0.15) is 12.3 Å². The van der Waals surface area contributed by atoms with Crippen molar-refractivity contribution in [3.05, 3.63) is 60.2 Å². The summed E-state index contributed by atoms with van der Waals surface area (Å²) in [5, 5.41) is 2.76. The van der Waals surface area contributed by atoms with Gasteiger partial charge in [0.15, 0.2) is 11.5 Å². The van der Waals surface area contributed by atoms with E-state index in [0.717, 1.165) is 11.1 Å². The lowest BCUT2D eigenvalue weighted by Crippen LogP contribution is -2.28. The Hall–Kier alpha value is -2.89. The monoisotopic (exact) mass is 328 g/mol. The third-order valence-electron chi connectivity index (χ3n) is 3.41. The molecule has 0 aliphatic carbocycles. The topological polar surface area (TPSA) is 64.4 Å². The first-order valence-corrected chi connectivity index (χ1v) is 7.70. The molecule has 1 N–H and O–H groups in total. The Kier molecular flexibility index (Phi) is 5.05. The Bertz CT molecular complexity index is 782. The van der Waals surface area contributed by atoms with Crippen LogP contribution in [0.3, 0.4) is 0 Å². The molecule has 0 unspecified atom stereocenters. The first kappa shape index (κ1) is 16.0. The van der Waals surface area contributed by atoms with Crippen LogP contribution in [0, 0.1) is 5.82 Å². The molecule has 0 atom stereocenters. The number of benzene rings is 2. The minimum absolute atomic E-state index is 0.0973. The van der Waals surface area contributed by atoms with Crippen LogP contribution in [0.5, 0.6) is 5.75 Å². The van der Waals surface area contributed by atoms with Crippen molar-refractivity contribution in [2.45, 2.75) is 12.8 Å². The molecule has 0 radical (unpaired) electrons. The fraction of sp³-hybridized carbons (Fsp3) is 0.222. The number of fused-ring (bicyclic) bond motifs is 1. The molecule has 1 heterocycles. The van der Waals surface area contributed by atoms with Crippen LogP contribution in [-0.4, -0.2) is 24.0 Å². The van der Waals surface area contributed by atoms with E-state index in [1.165, 1.54) is 12.1 Å². The molecular formula is C18H17FN2O3. The zero-order chi connectivity index (χ0) is 16.8. The van der Waals surface area contributed by atoms with Crippen molar-refractivity contribution in [2.75, 3.05) is 13.2 Å². The van der Waals surface area contributed by atoms with Gasteiger partial charge in [-0.1, -0.05) is 12.1 Å². The van der Waals surface area contributed by atoms with E-state index in [1.54, 1.807) is 12.1 Å². The zero-order valence-electron chi connectivity index (χ0n) is 13.0. The van der Waals surface area contributed by atoms with Gasteiger partial charge in [0.2, 0.25) is 5.91 Å². The van der Waals surface area contributed by atoms with Crippen molar-refractivity contribution in [3.8, 4) is 5.75 Å². The van der Waals surface area contributed by atoms with Crippen LogP contribution in [0.25, 0.3) is 11.1 Å². The number of rotatable bonds is 7. The maximum Gasteiger partial charge on any atom is 0.220 e. The van der Waals surface area contributed by atoms with E-state index in [2.05, 4.69) is 10.3 Å². The van der Waals surface area contributed by atoms with E-state index in [9.17, 15) is 9.18 Å². The van der Waals surface area contributed by atoms with Gasteiger partial charge in [-0.25, -0.2) is 9.37 Å². The van der Waals surface area contributed by atoms with Crippen molar-refractivity contribution in [1.82, 2.24) is 10.3 Å². The number of ether oxygens (including phenoxy) is 1. The van der Waals surface area contributed by atoms with E-state index < -0.39 is 0 Å². The molecule has 0 aliphatic rings. The van der Waals surface area contributed by atoms with Gasteiger partial charge in [0.05, 0.1) is 6.54 Å². The van der Waals surface area contributed by atoms with Gasteiger partial charge in [0.1, 0.15) is 23.7 Å². The van der Waals surface area contributed by atoms with Gasteiger partial charge < -0.3 is 14.5 Å². The third kappa shape index (κ3) is 4.32. The Balaban J connectivity index is 1.37. The van der Waals surface area contributed by atoms with E-state index in [0.29, 0.717) is 37.6 Å². The largest absolute Gasteiger partial charge is 0.492 e. The zero-order valence-corrected chi connectivity index (χ0v) is 13.0.